The summed E-state index contributed by atoms with van der Waals surface area (Å²) in [6.07, 6.45) is 6.61. The number of benzene rings is 1. The average molecular weight is 330 g/mol. The van der Waals surface area contributed by atoms with Crippen LogP contribution in [0.4, 0.5) is 11.4 Å². The van der Waals surface area contributed by atoms with Crippen molar-refractivity contribution in [2.45, 2.75) is 6.92 Å². The first-order valence-electron chi connectivity index (χ1n) is 7.81. The molecule has 24 heavy (non-hydrogen) atoms. The highest BCUT2D eigenvalue weighted by molar-refractivity contribution is 6.05. The molecule has 2 rings (SSSR count). The Hall–Kier alpha value is -2.60. The summed E-state index contributed by atoms with van der Waals surface area (Å²) in [5.74, 6) is -0.796. The van der Waals surface area contributed by atoms with Gasteiger partial charge >= 0.3 is 5.97 Å². The van der Waals surface area contributed by atoms with Gasteiger partial charge in [0.25, 0.3) is 0 Å². The first-order valence-corrected chi connectivity index (χ1v) is 7.81. The molecule has 1 saturated heterocycles. The van der Waals surface area contributed by atoms with Crippen LogP contribution in [0.3, 0.4) is 0 Å². The maximum atomic E-state index is 12.1. The van der Waals surface area contributed by atoms with Gasteiger partial charge in [0.15, 0.2) is 0 Å². The summed E-state index contributed by atoms with van der Waals surface area (Å²) in [7, 11) is 1.32. The van der Waals surface area contributed by atoms with Crippen molar-refractivity contribution in [2.75, 3.05) is 43.6 Å². The van der Waals surface area contributed by atoms with Gasteiger partial charge in [-0.3, -0.25) is 4.79 Å². The zero-order chi connectivity index (χ0) is 17.4. The highest BCUT2D eigenvalue weighted by Gasteiger charge is 2.18. The van der Waals surface area contributed by atoms with Gasteiger partial charge < -0.3 is 19.7 Å². The molecular weight excluding hydrogens is 308 g/mol. The Morgan fingerprint density at radius 1 is 1.25 bits per heavy atom. The van der Waals surface area contributed by atoms with Crippen molar-refractivity contribution in [3.05, 3.63) is 48.1 Å². The predicted octanol–water partition coefficient (Wildman–Crippen LogP) is 2.38. The highest BCUT2D eigenvalue weighted by atomic mass is 16.5. The third-order valence-electron chi connectivity index (χ3n) is 3.59. The number of carbonyl (C=O) groups excluding carboxylic acids is 2. The monoisotopic (exact) mass is 330 g/mol. The summed E-state index contributed by atoms with van der Waals surface area (Å²) < 4.78 is 10.2. The van der Waals surface area contributed by atoms with Gasteiger partial charge in [-0.1, -0.05) is 18.2 Å². The number of nitrogens with one attached hydrogen (secondary N) is 1. The smallest absolute Gasteiger partial charge is 0.340 e. The number of allylic oxidation sites excluding steroid dienone is 3. The quantitative estimate of drug-likeness (QED) is 0.510. The molecule has 1 N–H and O–H groups in total. The molecule has 0 saturated carbocycles. The SMILES string of the molecule is C/C=C/C=C/C(=O)Nc1ccc(N2CCOCC2)cc1C(=O)OC. The number of rotatable bonds is 5. The number of hydrogen-bond donors (Lipinski definition) is 1. The van der Waals surface area contributed by atoms with E-state index in [1.807, 2.05) is 19.1 Å². The number of hydrogen-bond acceptors (Lipinski definition) is 5. The largest absolute Gasteiger partial charge is 0.465 e. The van der Waals surface area contributed by atoms with Crippen molar-refractivity contribution in [3.8, 4) is 0 Å². The van der Waals surface area contributed by atoms with Crippen LogP contribution >= 0.6 is 0 Å². The minimum Gasteiger partial charge on any atom is -0.465 e. The number of anilines is 2. The van der Waals surface area contributed by atoms with Gasteiger partial charge in [-0.15, -0.1) is 0 Å². The summed E-state index contributed by atoms with van der Waals surface area (Å²) in [5.41, 5.74) is 1.66. The molecular formula is C18H22N2O4. The molecule has 1 aromatic rings. The number of carbonyl (C=O) groups is 2. The second-order valence-corrected chi connectivity index (χ2v) is 5.20. The molecule has 6 heteroatoms. The zero-order valence-electron chi connectivity index (χ0n) is 14.0. The Morgan fingerprint density at radius 2 is 2.00 bits per heavy atom. The Bertz CT molecular complexity index is 646. The molecule has 0 atom stereocenters. The Labute approximate surface area is 141 Å². The zero-order valence-corrected chi connectivity index (χ0v) is 14.0. The van der Waals surface area contributed by atoms with Crippen molar-refractivity contribution in [2.24, 2.45) is 0 Å². The summed E-state index contributed by atoms with van der Waals surface area (Å²) >= 11 is 0. The van der Waals surface area contributed by atoms with Crippen LogP contribution in [-0.4, -0.2) is 45.3 Å². The van der Waals surface area contributed by atoms with Gasteiger partial charge in [0.2, 0.25) is 5.91 Å². The molecule has 1 aromatic carbocycles. The van der Waals surface area contributed by atoms with E-state index >= 15 is 0 Å². The number of methoxy groups -OCH3 is 1. The molecule has 1 aliphatic rings. The number of amides is 1. The maximum absolute atomic E-state index is 12.1. The average Bonchev–Trinajstić information content (AvgIpc) is 2.62. The minimum atomic E-state index is -0.488. The highest BCUT2D eigenvalue weighted by Crippen LogP contribution is 2.25. The van der Waals surface area contributed by atoms with Crippen LogP contribution in [0.5, 0.6) is 0 Å². The van der Waals surface area contributed by atoms with Gasteiger partial charge in [0, 0.05) is 24.9 Å². The van der Waals surface area contributed by atoms with Crippen molar-refractivity contribution in [3.63, 3.8) is 0 Å². The third kappa shape index (κ3) is 4.70. The molecule has 0 bridgehead atoms. The van der Waals surface area contributed by atoms with Gasteiger partial charge in [0.05, 0.1) is 31.6 Å². The predicted molar refractivity (Wildman–Crippen MR) is 93.4 cm³/mol. The lowest BCUT2D eigenvalue weighted by Gasteiger charge is -2.29. The molecule has 0 radical (unpaired) electrons. The molecule has 1 aliphatic heterocycles. The van der Waals surface area contributed by atoms with Crippen LogP contribution < -0.4 is 10.2 Å². The first-order chi connectivity index (χ1) is 11.7. The van der Waals surface area contributed by atoms with Crippen LogP contribution in [-0.2, 0) is 14.3 Å². The molecule has 0 aromatic heterocycles. The van der Waals surface area contributed by atoms with Crippen LogP contribution in [0.15, 0.2) is 42.5 Å². The number of ether oxygens (including phenoxy) is 2. The van der Waals surface area contributed by atoms with Crippen molar-refractivity contribution in [1.29, 1.82) is 0 Å². The van der Waals surface area contributed by atoms with E-state index in [9.17, 15) is 9.59 Å². The van der Waals surface area contributed by atoms with E-state index in [1.165, 1.54) is 13.2 Å². The molecule has 1 fully saturated rings. The summed E-state index contributed by atoms with van der Waals surface area (Å²) in [6, 6.07) is 5.34. The number of nitrogens with zero attached hydrogens (tertiary/aromatic N) is 1. The van der Waals surface area contributed by atoms with E-state index < -0.39 is 5.97 Å². The van der Waals surface area contributed by atoms with E-state index in [2.05, 4.69) is 10.2 Å². The molecule has 0 unspecified atom stereocenters. The van der Waals surface area contributed by atoms with Gasteiger partial charge in [-0.2, -0.15) is 0 Å². The topological polar surface area (TPSA) is 67.9 Å². The van der Waals surface area contributed by atoms with Crippen molar-refractivity contribution in [1.82, 2.24) is 0 Å². The third-order valence-corrected chi connectivity index (χ3v) is 3.59. The number of morpholine rings is 1. The van der Waals surface area contributed by atoms with Gasteiger partial charge in [-0.25, -0.2) is 4.79 Å². The van der Waals surface area contributed by atoms with Gasteiger partial charge in [0.1, 0.15) is 0 Å². The standard InChI is InChI=1S/C18H22N2O4/c1-3-4-5-6-17(21)19-16-8-7-14(13-15(16)18(22)23-2)20-9-11-24-12-10-20/h3-8,13H,9-12H2,1-2H3,(H,19,21)/b4-3+,6-5+. The summed E-state index contributed by atoms with van der Waals surface area (Å²) in [5, 5.41) is 2.71. The van der Waals surface area contributed by atoms with Crippen LogP contribution in [0, 0.1) is 0 Å². The Morgan fingerprint density at radius 3 is 2.67 bits per heavy atom. The van der Waals surface area contributed by atoms with E-state index in [0.717, 1.165) is 18.8 Å². The fraction of sp³-hybridized carbons (Fsp3) is 0.333. The van der Waals surface area contributed by atoms with Crippen molar-refractivity contribution >= 4 is 23.3 Å². The first kappa shape index (κ1) is 17.7. The van der Waals surface area contributed by atoms with Crippen molar-refractivity contribution < 1.29 is 19.1 Å². The number of esters is 1. The summed E-state index contributed by atoms with van der Waals surface area (Å²) in [4.78, 5) is 26.1. The molecule has 1 heterocycles. The fourth-order valence-corrected chi connectivity index (χ4v) is 2.37. The second kappa shape index (κ2) is 8.88. The lowest BCUT2D eigenvalue weighted by molar-refractivity contribution is -0.111. The lowest BCUT2D eigenvalue weighted by atomic mass is 10.1. The second-order valence-electron chi connectivity index (χ2n) is 5.20. The molecule has 0 aliphatic carbocycles. The minimum absolute atomic E-state index is 0.308. The molecule has 0 spiro atoms. The van der Waals surface area contributed by atoms with Crippen LogP contribution in [0.25, 0.3) is 0 Å². The molecule has 128 valence electrons. The van der Waals surface area contributed by atoms with E-state index in [-0.39, 0.29) is 5.91 Å². The lowest BCUT2D eigenvalue weighted by Crippen LogP contribution is -2.36. The Kier molecular flexibility index (Phi) is 6.57. The van der Waals surface area contributed by atoms with Crippen LogP contribution in [0.2, 0.25) is 0 Å². The van der Waals surface area contributed by atoms with E-state index in [1.54, 1.807) is 24.3 Å². The normalized spacial score (nSPS) is 15.0. The Balaban J connectivity index is 2.23. The maximum Gasteiger partial charge on any atom is 0.340 e. The van der Waals surface area contributed by atoms with E-state index in [0.29, 0.717) is 24.5 Å². The van der Waals surface area contributed by atoms with Gasteiger partial charge in [-0.05, 0) is 25.1 Å². The van der Waals surface area contributed by atoms with Crippen LogP contribution in [0.1, 0.15) is 17.3 Å². The van der Waals surface area contributed by atoms with E-state index in [4.69, 9.17) is 9.47 Å². The summed E-state index contributed by atoms with van der Waals surface area (Å²) in [6.45, 7) is 4.70. The molecule has 6 nitrogen and oxygen atoms in total. The molecule has 1 amide bonds. The fourth-order valence-electron chi connectivity index (χ4n) is 2.37.